The molecule has 126 valence electrons. The van der Waals surface area contributed by atoms with Gasteiger partial charge in [0.1, 0.15) is 0 Å². The maximum absolute atomic E-state index is 12.8. The molecule has 1 N–H and O–H groups in total. The molecule has 1 aliphatic rings. The Balaban J connectivity index is 1.69. The SMILES string of the molecule is CN(C)Cc1ccccc1CNC(=O)C1(c2ccc(Br)cc2)CC1. The van der Waals surface area contributed by atoms with E-state index in [9.17, 15) is 4.79 Å². The second-order valence-electron chi connectivity index (χ2n) is 6.78. The molecule has 0 saturated heterocycles. The number of halogens is 1. The van der Waals surface area contributed by atoms with Gasteiger partial charge in [0.05, 0.1) is 5.41 Å². The summed E-state index contributed by atoms with van der Waals surface area (Å²) in [7, 11) is 4.12. The van der Waals surface area contributed by atoms with Gasteiger partial charge >= 0.3 is 0 Å². The number of amides is 1. The largest absolute Gasteiger partial charge is 0.351 e. The minimum atomic E-state index is -0.322. The van der Waals surface area contributed by atoms with Crippen LogP contribution in [-0.4, -0.2) is 24.9 Å². The molecular weight excluding hydrogens is 364 g/mol. The van der Waals surface area contributed by atoms with Crippen molar-refractivity contribution in [1.29, 1.82) is 0 Å². The van der Waals surface area contributed by atoms with E-state index >= 15 is 0 Å². The first-order valence-electron chi connectivity index (χ1n) is 8.27. The van der Waals surface area contributed by atoms with Gasteiger partial charge in [-0.05, 0) is 55.8 Å². The molecule has 0 unspecified atom stereocenters. The average molecular weight is 387 g/mol. The second kappa shape index (κ2) is 7.08. The van der Waals surface area contributed by atoms with Gasteiger partial charge in [-0.25, -0.2) is 0 Å². The lowest BCUT2D eigenvalue weighted by molar-refractivity contribution is -0.123. The molecule has 24 heavy (non-hydrogen) atoms. The minimum absolute atomic E-state index is 0.143. The van der Waals surface area contributed by atoms with Crippen LogP contribution in [0.5, 0.6) is 0 Å². The van der Waals surface area contributed by atoms with Crippen LogP contribution in [0.15, 0.2) is 53.0 Å². The summed E-state index contributed by atoms with van der Waals surface area (Å²) in [6, 6.07) is 16.4. The lowest BCUT2D eigenvalue weighted by Crippen LogP contribution is -2.34. The Labute approximate surface area is 152 Å². The molecule has 0 bridgehead atoms. The molecule has 0 aromatic heterocycles. The zero-order valence-electron chi connectivity index (χ0n) is 14.2. The number of nitrogens with one attached hydrogen (secondary N) is 1. The van der Waals surface area contributed by atoms with Crippen LogP contribution in [0, 0.1) is 0 Å². The van der Waals surface area contributed by atoms with Crippen LogP contribution in [0.4, 0.5) is 0 Å². The van der Waals surface area contributed by atoms with E-state index in [2.05, 4.69) is 64.5 Å². The first-order valence-corrected chi connectivity index (χ1v) is 9.06. The van der Waals surface area contributed by atoms with Gasteiger partial charge in [-0.3, -0.25) is 4.79 Å². The highest BCUT2D eigenvalue weighted by atomic mass is 79.9. The van der Waals surface area contributed by atoms with Crippen molar-refractivity contribution in [3.05, 3.63) is 69.7 Å². The molecule has 2 aromatic carbocycles. The number of carbonyl (C=O) groups excluding carboxylic acids is 1. The standard InChI is InChI=1S/C20H23BrN2O/c1-23(2)14-16-6-4-3-5-15(16)13-22-19(24)20(11-12-20)17-7-9-18(21)10-8-17/h3-10H,11-14H2,1-2H3,(H,22,24). The van der Waals surface area contributed by atoms with Crippen molar-refractivity contribution in [2.24, 2.45) is 0 Å². The Hall–Kier alpha value is -1.65. The molecule has 1 saturated carbocycles. The second-order valence-corrected chi connectivity index (χ2v) is 7.69. The van der Waals surface area contributed by atoms with Crippen molar-refractivity contribution >= 4 is 21.8 Å². The molecule has 4 heteroatoms. The third-order valence-corrected chi connectivity index (χ3v) is 5.15. The van der Waals surface area contributed by atoms with E-state index in [0.29, 0.717) is 6.54 Å². The van der Waals surface area contributed by atoms with Gasteiger partial charge in [0.25, 0.3) is 0 Å². The highest BCUT2D eigenvalue weighted by Gasteiger charge is 2.51. The maximum atomic E-state index is 12.8. The van der Waals surface area contributed by atoms with Crippen molar-refractivity contribution in [2.75, 3.05) is 14.1 Å². The molecule has 1 amide bonds. The van der Waals surface area contributed by atoms with Crippen LogP contribution in [0.25, 0.3) is 0 Å². The molecule has 1 fully saturated rings. The molecule has 3 nitrogen and oxygen atoms in total. The van der Waals surface area contributed by atoms with E-state index in [4.69, 9.17) is 0 Å². The van der Waals surface area contributed by atoms with Crippen molar-refractivity contribution in [3.63, 3.8) is 0 Å². The fraction of sp³-hybridized carbons (Fsp3) is 0.350. The van der Waals surface area contributed by atoms with Gasteiger partial charge in [-0.15, -0.1) is 0 Å². The van der Waals surface area contributed by atoms with Gasteiger partial charge in [0.2, 0.25) is 5.91 Å². The van der Waals surface area contributed by atoms with E-state index in [1.807, 2.05) is 24.3 Å². The summed E-state index contributed by atoms with van der Waals surface area (Å²) < 4.78 is 1.04. The summed E-state index contributed by atoms with van der Waals surface area (Å²) in [5.74, 6) is 0.143. The van der Waals surface area contributed by atoms with Gasteiger partial charge in [0, 0.05) is 17.6 Å². The molecule has 2 aromatic rings. The van der Waals surface area contributed by atoms with Crippen LogP contribution in [0.2, 0.25) is 0 Å². The quantitative estimate of drug-likeness (QED) is 0.817. The maximum Gasteiger partial charge on any atom is 0.230 e. The van der Waals surface area contributed by atoms with E-state index < -0.39 is 0 Å². The smallest absolute Gasteiger partial charge is 0.230 e. The Morgan fingerprint density at radius 1 is 1.08 bits per heavy atom. The number of hydrogen-bond donors (Lipinski definition) is 1. The minimum Gasteiger partial charge on any atom is -0.351 e. The predicted octanol–water partition coefficient (Wildman–Crippen LogP) is 3.86. The van der Waals surface area contributed by atoms with Crippen LogP contribution in [0.1, 0.15) is 29.5 Å². The Morgan fingerprint density at radius 2 is 1.71 bits per heavy atom. The number of benzene rings is 2. The first-order chi connectivity index (χ1) is 11.5. The molecule has 0 heterocycles. The first kappa shape index (κ1) is 17.2. The van der Waals surface area contributed by atoms with Gasteiger partial charge in [0.15, 0.2) is 0 Å². The lowest BCUT2D eigenvalue weighted by atomic mass is 9.95. The molecule has 1 aliphatic carbocycles. The summed E-state index contributed by atoms with van der Waals surface area (Å²) in [4.78, 5) is 14.9. The summed E-state index contributed by atoms with van der Waals surface area (Å²) in [5, 5.41) is 3.16. The van der Waals surface area contributed by atoms with Crippen molar-refractivity contribution in [2.45, 2.75) is 31.3 Å². The van der Waals surface area contributed by atoms with Crippen molar-refractivity contribution in [3.8, 4) is 0 Å². The predicted molar refractivity (Wildman–Crippen MR) is 101 cm³/mol. The van der Waals surface area contributed by atoms with Crippen LogP contribution in [-0.2, 0) is 23.3 Å². The molecular formula is C20H23BrN2O. The summed E-state index contributed by atoms with van der Waals surface area (Å²) in [6.07, 6.45) is 1.86. The highest BCUT2D eigenvalue weighted by Crippen LogP contribution is 2.48. The van der Waals surface area contributed by atoms with Crippen LogP contribution in [0.3, 0.4) is 0 Å². The Bertz CT molecular complexity index is 721. The highest BCUT2D eigenvalue weighted by molar-refractivity contribution is 9.10. The zero-order chi connectivity index (χ0) is 17.2. The number of nitrogens with zero attached hydrogens (tertiary/aromatic N) is 1. The summed E-state index contributed by atoms with van der Waals surface area (Å²) in [5.41, 5.74) is 3.24. The normalized spacial score (nSPS) is 15.3. The van der Waals surface area contributed by atoms with E-state index in [-0.39, 0.29) is 11.3 Å². The van der Waals surface area contributed by atoms with E-state index in [0.717, 1.165) is 29.4 Å². The van der Waals surface area contributed by atoms with Gasteiger partial charge in [-0.1, -0.05) is 52.3 Å². The van der Waals surface area contributed by atoms with Crippen molar-refractivity contribution < 1.29 is 4.79 Å². The average Bonchev–Trinajstić information content (AvgIpc) is 3.36. The monoisotopic (exact) mass is 386 g/mol. The third-order valence-electron chi connectivity index (χ3n) is 4.63. The molecule has 0 aliphatic heterocycles. The fourth-order valence-electron chi connectivity index (χ4n) is 3.11. The molecule has 0 spiro atoms. The van der Waals surface area contributed by atoms with Gasteiger partial charge < -0.3 is 10.2 Å². The Morgan fingerprint density at radius 3 is 2.29 bits per heavy atom. The molecule has 3 rings (SSSR count). The van der Waals surface area contributed by atoms with Crippen LogP contribution >= 0.6 is 15.9 Å². The van der Waals surface area contributed by atoms with Crippen molar-refractivity contribution in [1.82, 2.24) is 10.2 Å². The Kier molecular flexibility index (Phi) is 5.07. The van der Waals surface area contributed by atoms with Gasteiger partial charge in [-0.2, -0.15) is 0 Å². The zero-order valence-corrected chi connectivity index (χ0v) is 15.8. The van der Waals surface area contributed by atoms with Crippen LogP contribution < -0.4 is 5.32 Å². The third kappa shape index (κ3) is 3.70. The lowest BCUT2D eigenvalue weighted by Gasteiger charge is -2.18. The van der Waals surface area contributed by atoms with E-state index in [1.165, 1.54) is 11.1 Å². The molecule has 0 atom stereocenters. The summed E-state index contributed by atoms with van der Waals surface area (Å²) >= 11 is 3.45. The number of rotatable bonds is 6. The number of hydrogen-bond acceptors (Lipinski definition) is 2. The topological polar surface area (TPSA) is 32.3 Å². The fourth-order valence-corrected chi connectivity index (χ4v) is 3.37. The number of carbonyl (C=O) groups is 1. The summed E-state index contributed by atoms with van der Waals surface area (Å²) in [6.45, 7) is 1.46. The molecule has 0 radical (unpaired) electrons. The van der Waals surface area contributed by atoms with E-state index in [1.54, 1.807) is 0 Å².